The molecule has 0 aliphatic carbocycles. The Hall–Kier alpha value is -2.06. The summed E-state index contributed by atoms with van der Waals surface area (Å²) < 4.78 is 6.65. The highest BCUT2D eigenvalue weighted by molar-refractivity contribution is 7.17. The average Bonchev–Trinajstić information content (AvgIpc) is 3.04. The van der Waals surface area contributed by atoms with Gasteiger partial charge in [-0.2, -0.15) is 0 Å². The van der Waals surface area contributed by atoms with E-state index in [4.69, 9.17) is 4.42 Å². The van der Waals surface area contributed by atoms with Gasteiger partial charge in [-0.15, -0.1) is 11.3 Å². The average molecular weight is 249 g/mol. The van der Waals surface area contributed by atoms with Gasteiger partial charge >= 0.3 is 0 Å². The lowest BCUT2D eigenvalue weighted by Gasteiger charge is -1.99. The minimum absolute atomic E-state index is 0.929. The summed E-state index contributed by atoms with van der Waals surface area (Å²) in [6.45, 7) is 0. The molecule has 0 N–H and O–H groups in total. The van der Waals surface area contributed by atoms with Crippen LogP contribution in [0.2, 0.25) is 0 Å². The first-order chi connectivity index (χ1) is 8.92. The van der Waals surface area contributed by atoms with E-state index in [1.165, 1.54) is 21.2 Å². The topological polar surface area (TPSA) is 13.1 Å². The van der Waals surface area contributed by atoms with E-state index in [2.05, 4.69) is 41.8 Å². The molecule has 0 saturated carbocycles. The lowest BCUT2D eigenvalue weighted by atomic mass is 10.0. The monoisotopic (exact) mass is 249 g/mol. The Balaban J connectivity index is 2.00. The van der Waals surface area contributed by atoms with Gasteiger partial charge in [-0.3, -0.25) is 0 Å². The van der Waals surface area contributed by atoms with Gasteiger partial charge in [-0.1, -0.05) is 24.3 Å². The normalized spacial score (nSPS) is 11.3. The molecule has 0 saturated heterocycles. The fourth-order valence-electron chi connectivity index (χ4n) is 2.26. The van der Waals surface area contributed by atoms with Crippen molar-refractivity contribution in [2.75, 3.05) is 0 Å². The Morgan fingerprint density at radius 2 is 1.94 bits per heavy atom. The van der Waals surface area contributed by atoms with Crippen LogP contribution in [0.25, 0.3) is 32.2 Å². The predicted molar refractivity (Wildman–Crippen MR) is 75.9 cm³/mol. The summed E-state index contributed by atoms with van der Waals surface area (Å²) in [5.41, 5.74) is 3.30. The summed E-state index contributed by atoms with van der Waals surface area (Å²) in [5, 5.41) is 5.80. The Bertz CT molecular complexity index is 838. The molecule has 0 unspecified atom stereocenters. The van der Waals surface area contributed by atoms with Crippen molar-refractivity contribution in [2.45, 2.75) is 0 Å². The number of hydrogen-bond donors (Lipinski definition) is 0. The second-order valence-corrected chi connectivity index (χ2v) is 5.10. The maximum absolute atomic E-state index is 5.37. The maximum Gasteiger partial charge on any atom is 0.133 e. The fraction of sp³-hybridized carbons (Fsp3) is 0. The quantitative estimate of drug-likeness (QED) is 0.456. The summed E-state index contributed by atoms with van der Waals surface area (Å²) in [4.78, 5) is 0. The van der Waals surface area contributed by atoms with Gasteiger partial charge in [0.15, 0.2) is 0 Å². The molecule has 0 atom stereocenters. The van der Waals surface area contributed by atoms with Crippen LogP contribution >= 0.6 is 11.3 Å². The minimum atomic E-state index is 0.929. The number of fused-ring (bicyclic) bond motifs is 2. The van der Waals surface area contributed by atoms with Crippen LogP contribution < -0.4 is 0 Å². The van der Waals surface area contributed by atoms with Crippen LogP contribution in [0.15, 0.2) is 59.2 Å². The van der Waals surface area contributed by atoms with E-state index in [0.717, 1.165) is 11.0 Å². The van der Waals surface area contributed by atoms with E-state index in [1.807, 2.05) is 12.1 Å². The Labute approximate surface area is 108 Å². The molecular formula is C16H9OS. The van der Waals surface area contributed by atoms with E-state index >= 15 is 0 Å². The van der Waals surface area contributed by atoms with Gasteiger partial charge in [0.2, 0.25) is 0 Å². The number of furan rings is 1. The molecule has 2 aromatic heterocycles. The van der Waals surface area contributed by atoms with Crippen molar-refractivity contribution in [2.24, 2.45) is 0 Å². The molecule has 2 aromatic carbocycles. The number of rotatable bonds is 1. The van der Waals surface area contributed by atoms with Gasteiger partial charge in [0.25, 0.3) is 0 Å². The summed E-state index contributed by atoms with van der Waals surface area (Å²) in [6, 6.07) is 16.7. The van der Waals surface area contributed by atoms with Crippen LogP contribution in [-0.2, 0) is 0 Å². The molecule has 1 nitrogen and oxygen atoms in total. The summed E-state index contributed by atoms with van der Waals surface area (Å²) >= 11 is 1.67. The van der Waals surface area contributed by atoms with Crippen LogP contribution in [0.5, 0.6) is 0 Å². The van der Waals surface area contributed by atoms with Gasteiger partial charge in [0.05, 0.1) is 11.6 Å². The first-order valence-corrected chi connectivity index (χ1v) is 6.60. The lowest BCUT2D eigenvalue weighted by molar-refractivity contribution is 0.616. The second-order valence-electron chi connectivity index (χ2n) is 4.25. The highest BCUT2D eigenvalue weighted by Crippen LogP contribution is 2.34. The molecule has 0 fully saturated rings. The Kier molecular flexibility index (Phi) is 2.05. The molecular weight excluding hydrogens is 240 g/mol. The third kappa shape index (κ3) is 1.39. The highest BCUT2D eigenvalue weighted by Gasteiger charge is 2.07. The van der Waals surface area contributed by atoms with E-state index in [0.29, 0.717) is 0 Å². The van der Waals surface area contributed by atoms with E-state index in [1.54, 1.807) is 17.6 Å². The Morgan fingerprint density at radius 3 is 2.94 bits per heavy atom. The molecule has 1 radical (unpaired) electrons. The third-order valence-corrected chi connectivity index (χ3v) is 4.04. The minimum Gasteiger partial charge on any atom is -0.464 e. The van der Waals surface area contributed by atoms with Crippen molar-refractivity contribution in [3.05, 3.63) is 60.2 Å². The molecule has 18 heavy (non-hydrogen) atoms. The van der Waals surface area contributed by atoms with Crippen molar-refractivity contribution in [1.29, 1.82) is 0 Å². The van der Waals surface area contributed by atoms with E-state index in [-0.39, 0.29) is 0 Å². The first-order valence-electron chi connectivity index (χ1n) is 5.79. The van der Waals surface area contributed by atoms with Crippen LogP contribution in [0, 0.1) is 5.38 Å². The van der Waals surface area contributed by atoms with Gasteiger partial charge < -0.3 is 4.42 Å². The fourth-order valence-corrected chi connectivity index (χ4v) is 3.13. The Morgan fingerprint density at radius 1 is 1.00 bits per heavy atom. The molecule has 0 aliphatic heterocycles. The SMILES string of the molecule is [c]1sc2ccccc2c1-c1ccc2occc2c1. The zero-order valence-electron chi connectivity index (χ0n) is 9.51. The molecule has 0 aliphatic rings. The summed E-state index contributed by atoms with van der Waals surface area (Å²) in [7, 11) is 0. The molecule has 2 heterocycles. The summed E-state index contributed by atoms with van der Waals surface area (Å²) in [5.74, 6) is 0. The van der Waals surface area contributed by atoms with Crippen molar-refractivity contribution >= 4 is 32.4 Å². The van der Waals surface area contributed by atoms with Gasteiger partial charge in [0.1, 0.15) is 5.58 Å². The maximum atomic E-state index is 5.37. The van der Waals surface area contributed by atoms with E-state index in [9.17, 15) is 0 Å². The van der Waals surface area contributed by atoms with Crippen molar-refractivity contribution < 1.29 is 4.42 Å². The smallest absolute Gasteiger partial charge is 0.133 e. The highest BCUT2D eigenvalue weighted by atomic mass is 32.1. The molecule has 0 amide bonds. The second kappa shape index (κ2) is 3.72. The van der Waals surface area contributed by atoms with Gasteiger partial charge in [-0.25, -0.2) is 0 Å². The van der Waals surface area contributed by atoms with E-state index < -0.39 is 0 Å². The van der Waals surface area contributed by atoms with Crippen molar-refractivity contribution in [3.8, 4) is 11.1 Å². The third-order valence-electron chi connectivity index (χ3n) is 3.16. The largest absolute Gasteiger partial charge is 0.464 e. The standard InChI is InChI=1S/C16H9OS/c1-2-4-16-13(3-1)14(10-18-16)11-5-6-15-12(9-11)7-8-17-15/h1-9H. The molecule has 4 rings (SSSR count). The van der Waals surface area contributed by atoms with Gasteiger partial charge in [-0.05, 0) is 29.8 Å². The van der Waals surface area contributed by atoms with Crippen LogP contribution in [-0.4, -0.2) is 0 Å². The van der Waals surface area contributed by atoms with Crippen molar-refractivity contribution in [1.82, 2.24) is 0 Å². The van der Waals surface area contributed by atoms with Crippen LogP contribution in [0.1, 0.15) is 0 Å². The number of thiophene rings is 1. The predicted octanol–water partition coefficient (Wildman–Crippen LogP) is 5.11. The zero-order chi connectivity index (χ0) is 11.9. The number of hydrogen-bond acceptors (Lipinski definition) is 2. The lowest BCUT2D eigenvalue weighted by Crippen LogP contribution is -1.75. The van der Waals surface area contributed by atoms with Crippen LogP contribution in [0.4, 0.5) is 0 Å². The van der Waals surface area contributed by atoms with Gasteiger partial charge in [0, 0.05) is 21.0 Å². The summed E-state index contributed by atoms with van der Waals surface area (Å²) in [6.07, 6.45) is 1.73. The first kappa shape index (κ1) is 9.92. The molecule has 4 aromatic rings. The zero-order valence-corrected chi connectivity index (χ0v) is 10.3. The molecule has 0 bridgehead atoms. The molecule has 85 valence electrons. The molecule has 0 spiro atoms. The number of benzene rings is 2. The van der Waals surface area contributed by atoms with Crippen LogP contribution in [0.3, 0.4) is 0 Å². The van der Waals surface area contributed by atoms with Crippen molar-refractivity contribution in [3.63, 3.8) is 0 Å². The molecule has 2 heteroatoms.